The summed E-state index contributed by atoms with van der Waals surface area (Å²) < 4.78 is 27.8. The fourth-order valence-corrected chi connectivity index (χ4v) is 6.08. The molecule has 1 N–H and O–H groups in total. The molecule has 0 radical (unpaired) electrons. The third-order valence-electron chi connectivity index (χ3n) is 5.72. The first-order chi connectivity index (χ1) is 13.9. The summed E-state index contributed by atoms with van der Waals surface area (Å²) in [4.78, 5) is 12.1. The Morgan fingerprint density at radius 2 is 2.00 bits per heavy atom. The molecule has 9 heteroatoms. The van der Waals surface area contributed by atoms with Gasteiger partial charge in [0.1, 0.15) is 16.5 Å². The quantitative estimate of drug-likeness (QED) is 0.795. The zero-order valence-electron chi connectivity index (χ0n) is 16.7. The Morgan fingerprint density at radius 3 is 2.72 bits per heavy atom. The van der Waals surface area contributed by atoms with Crippen LogP contribution in [0.25, 0.3) is 0 Å². The van der Waals surface area contributed by atoms with Crippen LogP contribution in [-0.4, -0.2) is 61.3 Å². The summed E-state index contributed by atoms with van der Waals surface area (Å²) in [6, 6.07) is 6.56. The molecule has 3 heterocycles. The minimum atomic E-state index is -3.69. The van der Waals surface area contributed by atoms with Crippen LogP contribution >= 0.6 is 11.6 Å². The molecule has 156 valence electrons. The molecule has 2 aliphatic heterocycles. The van der Waals surface area contributed by atoms with E-state index in [1.807, 2.05) is 7.05 Å². The molecule has 2 aromatic rings. The predicted molar refractivity (Wildman–Crippen MR) is 114 cm³/mol. The Kier molecular flexibility index (Phi) is 5.79. The van der Waals surface area contributed by atoms with Gasteiger partial charge in [0, 0.05) is 44.6 Å². The smallest absolute Gasteiger partial charge is 0.244 e. The first-order valence-corrected chi connectivity index (χ1v) is 11.7. The number of anilines is 1. The van der Waals surface area contributed by atoms with Crippen LogP contribution in [0.3, 0.4) is 0 Å². The maximum Gasteiger partial charge on any atom is 0.244 e. The zero-order valence-corrected chi connectivity index (χ0v) is 18.3. The number of likely N-dealkylation sites (tertiary alicyclic amines) is 1. The van der Waals surface area contributed by atoms with E-state index in [0.29, 0.717) is 18.9 Å². The number of sulfonamides is 1. The number of nitrogens with zero attached hydrogens (tertiary/aromatic N) is 4. The monoisotopic (exact) mass is 435 g/mol. The van der Waals surface area contributed by atoms with E-state index in [0.717, 1.165) is 48.8 Å². The van der Waals surface area contributed by atoms with Crippen molar-refractivity contribution < 1.29 is 8.42 Å². The van der Waals surface area contributed by atoms with Crippen molar-refractivity contribution in [1.29, 1.82) is 0 Å². The Hall–Kier alpha value is -1.74. The molecule has 1 fully saturated rings. The lowest BCUT2D eigenvalue weighted by Crippen LogP contribution is -2.38. The summed E-state index contributed by atoms with van der Waals surface area (Å²) in [6.45, 7) is 2.68. The highest BCUT2D eigenvalue weighted by Gasteiger charge is 2.33. The Bertz CT molecular complexity index is 997. The van der Waals surface area contributed by atoms with E-state index in [4.69, 9.17) is 21.6 Å². The van der Waals surface area contributed by atoms with Crippen LogP contribution in [0.5, 0.6) is 0 Å². The highest BCUT2D eigenvalue weighted by atomic mass is 35.5. The molecule has 1 atom stereocenters. The molecule has 0 bridgehead atoms. The van der Waals surface area contributed by atoms with E-state index in [1.165, 1.54) is 4.31 Å². The van der Waals surface area contributed by atoms with Gasteiger partial charge in [0.2, 0.25) is 10.0 Å². The van der Waals surface area contributed by atoms with Gasteiger partial charge in [-0.15, -0.1) is 0 Å². The molecule has 7 nitrogen and oxygen atoms in total. The van der Waals surface area contributed by atoms with Gasteiger partial charge in [0.05, 0.1) is 10.7 Å². The van der Waals surface area contributed by atoms with Crippen LogP contribution in [-0.2, 0) is 23.0 Å². The van der Waals surface area contributed by atoms with Gasteiger partial charge < -0.3 is 10.2 Å². The van der Waals surface area contributed by atoms with E-state index in [2.05, 4.69) is 17.3 Å². The molecule has 1 saturated heterocycles. The first kappa shape index (κ1) is 20.5. The minimum absolute atomic E-state index is 0.138. The average Bonchev–Trinajstić information content (AvgIpc) is 2.72. The number of aromatic nitrogens is 2. The third-order valence-corrected chi connectivity index (χ3v) is 8.07. The molecule has 29 heavy (non-hydrogen) atoms. The first-order valence-electron chi connectivity index (χ1n) is 9.91. The number of benzene rings is 1. The largest absolute Gasteiger partial charge is 0.373 e. The van der Waals surface area contributed by atoms with Crippen LogP contribution < -0.4 is 5.32 Å². The topological polar surface area (TPSA) is 78.4 Å². The van der Waals surface area contributed by atoms with Crippen molar-refractivity contribution in [1.82, 2.24) is 19.2 Å². The third kappa shape index (κ3) is 3.99. The highest BCUT2D eigenvalue weighted by Crippen LogP contribution is 2.32. The van der Waals surface area contributed by atoms with Crippen LogP contribution in [0.2, 0.25) is 5.02 Å². The van der Waals surface area contributed by atoms with Crippen LogP contribution in [0.1, 0.15) is 35.8 Å². The van der Waals surface area contributed by atoms with Gasteiger partial charge in [0.15, 0.2) is 0 Å². The van der Waals surface area contributed by atoms with Crippen LogP contribution in [0.4, 0.5) is 5.82 Å². The SMILES string of the molecule is CNc1nc(C2CCCN(C)C2)nc2c1CN(S(=O)(=O)c1ccccc1Cl)CC2. The minimum Gasteiger partial charge on any atom is -0.373 e. The Labute approximate surface area is 177 Å². The highest BCUT2D eigenvalue weighted by molar-refractivity contribution is 7.89. The van der Waals surface area contributed by atoms with Crippen molar-refractivity contribution in [2.75, 3.05) is 39.0 Å². The predicted octanol–water partition coefficient (Wildman–Crippen LogP) is 2.73. The second-order valence-electron chi connectivity index (χ2n) is 7.73. The number of hydrogen-bond donors (Lipinski definition) is 1. The van der Waals surface area contributed by atoms with Gasteiger partial charge in [-0.1, -0.05) is 23.7 Å². The van der Waals surface area contributed by atoms with Crippen molar-refractivity contribution in [3.8, 4) is 0 Å². The molecular formula is C20H26ClN5O2S. The van der Waals surface area contributed by atoms with Gasteiger partial charge in [-0.25, -0.2) is 18.4 Å². The maximum atomic E-state index is 13.1. The number of likely N-dealkylation sites (N-methyl/N-ethyl adjacent to an activating group) is 1. The lowest BCUT2D eigenvalue weighted by molar-refractivity contribution is 0.245. The molecule has 4 rings (SSSR count). The molecule has 0 aliphatic carbocycles. The van der Waals surface area contributed by atoms with Crippen molar-refractivity contribution in [3.05, 3.63) is 46.4 Å². The molecule has 1 aromatic heterocycles. The van der Waals surface area contributed by atoms with Crippen LogP contribution in [0.15, 0.2) is 29.2 Å². The molecule has 2 aliphatic rings. The van der Waals surface area contributed by atoms with Gasteiger partial charge in [-0.05, 0) is 38.6 Å². The normalized spacial score (nSPS) is 21.0. The number of rotatable bonds is 4. The summed E-state index contributed by atoms with van der Waals surface area (Å²) in [7, 11) is 0.259. The molecule has 1 unspecified atom stereocenters. The van der Waals surface area contributed by atoms with Gasteiger partial charge in [0.25, 0.3) is 0 Å². The lowest BCUT2D eigenvalue weighted by atomic mass is 9.97. The number of piperidine rings is 1. The molecule has 0 amide bonds. The van der Waals surface area contributed by atoms with E-state index in [-0.39, 0.29) is 16.5 Å². The standard InChI is InChI=1S/C20H26ClN5O2S/c1-22-20-15-13-26(29(27,28)18-8-4-3-7-16(18)21)11-9-17(15)23-19(24-20)14-6-5-10-25(2)12-14/h3-4,7-8,14H,5-6,9-13H2,1-2H3,(H,22,23,24). The molecule has 0 saturated carbocycles. The van der Waals surface area contributed by atoms with Gasteiger partial charge >= 0.3 is 0 Å². The van der Waals surface area contributed by atoms with E-state index in [9.17, 15) is 8.42 Å². The second kappa shape index (κ2) is 8.18. The second-order valence-corrected chi connectivity index (χ2v) is 10.0. The number of hydrogen-bond acceptors (Lipinski definition) is 6. The number of nitrogens with one attached hydrogen (secondary N) is 1. The number of halogens is 1. The van der Waals surface area contributed by atoms with E-state index >= 15 is 0 Å². The summed E-state index contributed by atoms with van der Waals surface area (Å²) in [5.74, 6) is 1.90. The fraction of sp³-hybridized carbons (Fsp3) is 0.500. The van der Waals surface area contributed by atoms with E-state index in [1.54, 1.807) is 24.3 Å². The van der Waals surface area contributed by atoms with E-state index < -0.39 is 10.0 Å². The Morgan fingerprint density at radius 1 is 1.21 bits per heavy atom. The van der Waals surface area contributed by atoms with Crippen molar-refractivity contribution in [2.45, 2.75) is 36.6 Å². The van der Waals surface area contributed by atoms with Gasteiger partial charge in [-0.3, -0.25) is 0 Å². The molecule has 1 aromatic carbocycles. The van der Waals surface area contributed by atoms with Gasteiger partial charge in [-0.2, -0.15) is 4.31 Å². The zero-order chi connectivity index (χ0) is 20.6. The van der Waals surface area contributed by atoms with Crippen molar-refractivity contribution >= 4 is 27.4 Å². The lowest BCUT2D eigenvalue weighted by Gasteiger charge is -2.32. The average molecular weight is 436 g/mol. The summed E-state index contributed by atoms with van der Waals surface area (Å²) in [5, 5.41) is 3.39. The number of fused-ring (bicyclic) bond motifs is 1. The summed E-state index contributed by atoms with van der Waals surface area (Å²) in [5.41, 5.74) is 1.79. The molecular weight excluding hydrogens is 410 g/mol. The Balaban J connectivity index is 1.65. The molecule has 0 spiro atoms. The summed E-state index contributed by atoms with van der Waals surface area (Å²) >= 11 is 6.16. The summed E-state index contributed by atoms with van der Waals surface area (Å²) in [6.07, 6.45) is 2.78. The fourth-order valence-electron chi connectivity index (χ4n) is 4.17. The van der Waals surface area contributed by atoms with Crippen molar-refractivity contribution in [2.24, 2.45) is 0 Å². The maximum absolute atomic E-state index is 13.1. The van der Waals surface area contributed by atoms with Crippen LogP contribution in [0, 0.1) is 0 Å². The van der Waals surface area contributed by atoms with Crippen molar-refractivity contribution in [3.63, 3.8) is 0 Å².